The fourth-order valence-corrected chi connectivity index (χ4v) is 2.20. The maximum absolute atomic E-state index is 11.7. The molecular weight excluding hydrogens is 214 g/mol. The molecule has 0 bridgehead atoms. The molecule has 0 aliphatic carbocycles. The summed E-state index contributed by atoms with van der Waals surface area (Å²) in [6.07, 6.45) is 0. The van der Waals surface area contributed by atoms with Crippen molar-refractivity contribution in [1.82, 2.24) is 9.03 Å². The van der Waals surface area contributed by atoms with Crippen molar-refractivity contribution in [2.45, 2.75) is 39.8 Å². The quantitative estimate of drug-likeness (QED) is 0.760. The van der Waals surface area contributed by atoms with E-state index in [0.717, 1.165) is 0 Å². The second-order valence-electron chi connectivity index (χ2n) is 4.08. The van der Waals surface area contributed by atoms with Crippen LogP contribution in [0.3, 0.4) is 0 Å². The molecule has 88 valence electrons. The van der Waals surface area contributed by atoms with Gasteiger partial charge < -0.3 is 0 Å². The van der Waals surface area contributed by atoms with E-state index in [-0.39, 0.29) is 12.0 Å². The number of hydrogen-bond donors (Lipinski definition) is 1. The smallest absolute Gasteiger partial charge is 0.197 e. The summed E-state index contributed by atoms with van der Waals surface area (Å²) in [5.74, 6) is -0.0506. The zero-order valence-electron chi connectivity index (χ0n) is 9.85. The Bertz CT molecular complexity index is 330. The zero-order valence-corrected chi connectivity index (χ0v) is 10.7. The minimum atomic E-state index is -3.56. The second kappa shape index (κ2) is 5.45. The average Bonchev–Trinajstić information content (AvgIpc) is 2.12. The van der Waals surface area contributed by atoms with Gasteiger partial charge in [-0.05, 0) is 19.8 Å². The Hall–Kier alpha value is -0.640. The lowest BCUT2D eigenvalue weighted by atomic mass is 10.1. The Morgan fingerprint density at radius 3 is 2.00 bits per heavy atom. The molecule has 5 nitrogen and oxygen atoms in total. The van der Waals surface area contributed by atoms with Gasteiger partial charge in [0.1, 0.15) is 6.04 Å². The number of nitrogens with zero attached hydrogens (tertiary/aromatic N) is 2. The van der Waals surface area contributed by atoms with Crippen molar-refractivity contribution in [1.29, 1.82) is 5.26 Å². The predicted molar refractivity (Wildman–Crippen MR) is 59.2 cm³/mol. The molecule has 0 radical (unpaired) electrons. The fraction of sp³-hybridized carbons (Fsp3) is 0.889. The van der Waals surface area contributed by atoms with Crippen molar-refractivity contribution in [3.05, 3.63) is 0 Å². The van der Waals surface area contributed by atoms with Gasteiger partial charge in [0.2, 0.25) is 0 Å². The van der Waals surface area contributed by atoms with Crippen LogP contribution in [0.25, 0.3) is 0 Å². The monoisotopic (exact) mass is 233 g/mol. The van der Waals surface area contributed by atoms with Gasteiger partial charge in [0.05, 0.1) is 6.07 Å². The maximum Gasteiger partial charge on any atom is 0.280 e. The lowest BCUT2D eigenvalue weighted by Crippen LogP contribution is -2.47. The van der Waals surface area contributed by atoms with Gasteiger partial charge in [-0.15, -0.1) is 0 Å². The molecule has 0 aliphatic heterocycles. The van der Waals surface area contributed by atoms with Gasteiger partial charge in [-0.1, -0.05) is 13.8 Å². The molecule has 0 amide bonds. The molecule has 15 heavy (non-hydrogen) atoms. The summed E-state index contributed by atoms with van der Waals surface area (Å²) < 4.78 is 27.0. The second-order valence-corrected chi connectivity index (χ2v) is 5.85. The highest BCUT2D eigenvalue weighted by Gasteiger charge is 2.25. The predicted octanol–water partition coefficient (Wildman–Crippen LogP) is 0.709. The topological polar surface area (TPSA) is 73.2 Å². The van der Waals surface area contributed by atoms with Crippen molar-refractivity contribution in [3.8, 4) is 6.07 Å². The largest absolute Gasteiger partial charge is 0.280 e. The van der Waals surface area contributed by atoms with Gasteiger partial charge in [0, 0.05) is 13.1 Å². The fourth-order valence-electron chi connectivity index (χ4n) is 0.833. The lowest BCUT2D eigenvalue weighted by Gasteiger charge is -2.24. The summed E-state index contributed by atoms with van der Waals surface area (Å²) in [6.45, 7) is 7.14. The molecule has 1 N–H and O–H groups in total. The molecule has 0 fully saturated rings. The minimum absolute atomic E-state index is 0.0506. The Morgan fingerprint density at radius 2 is 1.73 bits per heavy atom. The molecule has 0 aromatic heterocycles. The van der Waals surface area contributed by atoms with E-state index in [1.807, 2.05) is 6.07 Å². The zero-order chi connectivity index (χ0) is 12.2. The Labute approximate surface area is 92.3 Å². The van der Waals surface area contributed by atoms with Gasteiger partial charge in [-0.3, -0.25) is 0 Å². The normalized spacial score (nSPS) is 14.6. The molecule has 0 aliphatic rings. The first kappa shape index (κ1) is 14.4. The molecule has 1 atom stereocenters. The molecule has 1 unspecified atom stereocenters. The molecule has 0 heterocycles. The van der Waals surface area contributed by atoms with E-state index in [4.69, 9.17) is 5.26 Å². The Morgan fingerprint density at radius 1 is 1.27 bits per heavy atom. The Balaban J connectivity index is 4.73. The molecular formula is C9H19N3O2S. The van der Waals surface area contributed by atoms with Crippen LogP contribution in [-0.2, 0) is 10.2 Å². The number of rotatable bonds is 5. The molecule has 0 aromatic rings. The van der Waals surface area contributed by atoms with Crippen LogP contribution in [0.2, 0.25) is 0 Å². The van der Waals surface area contributed by atoms with Crippen molar-refractivity contribution < 1.29 is 8.42 Å². The highest BCUT2D eigenvalue weighted by atomic mass is 32.2. The summed E-state index contributed by atoms with van der Waals surface area (Å²) in [6, 6.07) is 1.12. The van der Waals surface area contributed by atoms with Crippen LogP contribution in [0, 0.1) is 17.2 Å². The van der Waals surface area contributed by atoms with Crippen molar-refractivity contribution >= 4 is 10.2 Å². The molecule has 0 spiro atoms. The van der Waals surface area contributed by atoms with Crippen LogP contribution in [-0.4, -0.2) is 31.9 Å². The van der Waals surface area contributed by atoms with Gasteiger partial charge in [-0.2, -0.15) is 22.7 Å². The molecule has 6 heteroatoms. The SMILES string of the molecule is CC(C)C(C#N)NS(=O)(=O)N(C)C(C)C. The number of hydrogen-bond acceptors (Lipinski definition) is 3. The van der Waals surface area contributed by atoms with Crippen LogP contribution < -0.4 is 4.72 Å². The first-order valence-corrected chi connectivity index (χ1v) is 6.31. The highest BCUT2D eigenvalue weighted by Crippen LogP contribution is 2.06. The third kappa shape index (κ3) is 4.16. The minimum Gasteiger partial charge on any atom is -0.197 e. The van der Waals surface area contributed by atoms with E-state index in [1.54, 1.807) is 27.7 Å². The molecule has 0 rings (SSSR count). The van der Waals surface area contributed by atoms with Crippen LogP contribution in [0.15, 0.2) is 0 Å². The van der Waals surface area contributed by atoms with Crippen molar-refractivity contribution in [3.63, 3.8) is 0 Å². The van der Waals surface area contributed by atoms with E-state index in [1.165, 1.54) is 11.4 Å². The molecule has 0 aromatic carbocycles. The Kier molecular flexibility index (Phi) is 5.21. The first-order valence-electron chi connectivity index (χ1n) is 4.87. The third-order valence-electron chi connectivity index (χ3n) is 2.19. The van der Waals surface area contributed by atoms with E-state index in [9.17, 15) is 8.42 Å². The summed E-state index contributed by atoms with van der Waals surface area (Å²) in [5, 5.41) is 8.78. The summed E-state index contributed by atoms with van der Waals surface area (Å²) in [7, 11) is -2.07. The number of nitriles is 1. The van der Waals surface area contributed by atoms with Crippen molar-refractivity contribution in [2.75, 3.05) is 7.05 Å². The summed E-state index contributed by atoms with van der Waals surface area (Å²) in [5.41, 5.74) is 0. The first-order chi connectivity index (χ1) is 6.72. The van der Waals surface area contributed by atoms with Gasteiger partial charge in [-0.25, -0.2) is 0 Å². The van der Waals surface area contributed by atoms with Crippen LogP contribution in [0.1, 0.15) is 27.7 Å². The summed E-state index contributed by atoms with van der Waals surface area (Å²) in [4.78, 5) is 0. The average molecular weight is 233 g/mol. The van der Waals surface area contributed by atoms with E-state index >= 15 is 0 Å². The van der Waals surface area contributed by atoms with E-state index in [2.05, 4.69) is 4.72 Å². The van der Waals surface area contributed by atoms with Gasteiger partial charge in [0.15, 0.2) is 0 Å². The van der Waals surface area contributed by atoms with E-state index in [0.29, 0.717) is 0 Å². The van der Waals surface area contributed by atoms with Gasteiger partial charge >= 0.3 is 0 Å². The molecule has 0 saturated carbocycles. The van der Waals surface area contributed by atoms with Gasteiger partial charge in [0.25, 0.3) is 10.2 Å². The van der Waals surface area contributed by atoms with Crippen LogP contribution in [0.4, 0.5) is 0 Å². The number of nitrogens with one attached hydrogen (secondary N) is 1. The third-order valence-corrected chi connectivity index (χ3v) is 3.92. The van der Waals surface area contributed by atoms with Crippen LogP contribution >= 0.6 is 0 Å². The lowest BCUT2D eigenvalue weighted by molar-refractivity contribution is 0.393. The molecule has 0 saturated heterocycles. The maximum atomic E-state index is 11.7. The summed E-state index contributed by atoms with van der Waals surface area (Å²) >= 11 is 0. The standard InChI is InChI=1S/C9H19N3O2S/c1-7(2)9(6-10)11-15(13,14)12(5)8(3)4/h7-9,11H,1-5H3. The van der Waals surface area contributed by atoms with Crippen molar-refractivity contribution in [2.24, 2.45) is 5.92 Å². The van der Waals surface area contributed by atoms with E-state index < -0.39 is 16.3 Å². The van der Waals surface area contributed by atoms with Crippen LogP contribution in [0.5, 0.6) is 0 Å². The highest BCUT2D eigenvalue weighted by molar-refractivity contribution is 7.87.